The summed E-state index contributed by atoms with van der Waals surface area (Å²) in [5.41, 5.74) is 15.1. The fraction of sp³-hybridized carbons (Fsp3) is 0.647. The van der Waals surface area contributed by atoms with Crippen LogP contribution in [0.2, 0.25) is 0 Å². The van der Waals surface area contributed by atoms with Gasteiger partial charge in [0, 0.05) is 12.1 Å². The minimum Gasteiger partial charge on any atom is -0.494 e. The Kier molecular flexibility index (Phi) is 17.7. The van der Waals surface area contributed by atoms with Crippen molar-refractivity contribution in [1.29, 1.82) is 0 Å². The topological polar surface area (TPSA) is 70.5 Å². The highest BCUT2D eigenvalue weighted by atomic mass is 16.5. The molecule has 0 saturated heterocycles. The van der Waals surface area contributed by atoms with Crippen LogP contribution in [-0.4, -0.2) is 13.2 Å². The molecule has 4 nitrogen and oxygen atoms in total. The highest BCUT2D eigenvalue weighted by Crippen LogP contribution is 2.27. The summed E-state index contributed by atoms with van der Waals surface area (Å²) in [7, 11) is 0. The first-order valence-corrected chi connectivity index (χ1v) is 15.6. The van der Waals surface area contributed by atoms with Crippen molar-refractivity contribution in [3.8, 4) is 11.5 Å². The summed E-state index contributed by atoms with van der Waals surface area (Å²) in [6, 6.07) is 15.6. The molecule has 0 amide bonds. The minimum atomic E-state index is -0.277. The van der Waals surface area contributed by atoms with Crippen molar-refractivity contribution in [3.63, 3.8) is 0 Å². The van der Waals surface area contributed by atoms with Crippen LogP contribution in [0.3, 0.4) is 0 Å². The van der Waals surface area contributed by atoms with Gasteiger partial charge in [-0.3, -0.25) is 0 Å². The highest BCUT2D eigenvalue weighted by molar-refractivity contribution is 5.34. The molecule has 0 aromatic heterocycles. The number of ether oxygens (including phenoxy) is 2. The lowest BCUT2D eigenvalue weighted by atomic mass is 9.95. The Hall–Kier alpha value is -2.04. The first kappa shape index (κ1) is 32.2. The summed E-state index contributed by atoms with van der Waals surface area (Å²) >= 11 is 0. The van der Waals surface area contributed by atoms with Gasteiger partial charge in [0.1, 0.15) is 11.5 Å². The third-order valence-corrected chi connectivity index (χ3v) is 7.45. The second-order valence-electron chi connectivity index (χ2n) is 10.8. The SMILES string of the molecule is CCCCCCCCCCOc1ccc([C@@H](N)[C@H](N)c2ccc(OCCCCCCCCCC)cc2)cc1. The molecular formula is C34H56N2O2. The van der Waals surface area contributed by atoms with Crippen LogP contribution in [0.25, 0.3) is 0 Å². The monoisotopic (exact) mass is 524 g/mol. The predicted octanol–water partition coefficient (Wildman–Crippen LogP) is 9.43. The Labute approximate surface area is 233 Å². The number of rotatable bonds is 23. The van der Waals surface area contributed by atoms with Crippen molar-refractivity contribution in [1.82, 2.24) is 0 Å². The van der Waals surface area contributed by atoms with E-state index < -0.39 is 0 Å². The Bertz CT molecular complexity index is 737. The maximum absolute atomic E-state index is 6.53. The molecule has 0 bridgehead atoms. The van der Waals surface area contributed by atoms with Gasteiger partial charge < -0.3 is 20.9 Å². The molecule has 0 aliphatic rings. The summed E-state index contributed by atoms with van der Waals surface area (Å²) in [5.74, 6) is 1.80. The van der Waals surface area contributed by atoms with E-state index in [4.69, 9.17) is 20.9 Å². The first-order chi connectivity index (χ1) is 18.7. The van der Waals surface area contributed by atoms with Gasteiger partial charge in [0.15, 0.2) is 0 Å². The average molecular weight is 525 g/mol. The van der Waals surface area contributed by atoms with E-state index >= 15 is 0 Å². The predicted molar refractivity (Wildman–Crippen MR) is 163 cm³/mol. The normalized spacial score (nSPS) is 12.8. The van der Waals surface area contributed by atoms with Gasteiger partial charge in [-0.15, -0.1) is 0 Å². The van der Waals surface area contributed by atoms with Gasteiger partial charge in [-0.2, -0.15) is 0 Å². The minimum absolute atomic E-state index is 0.277. The summed E-state index contributed by atoms with van der Waals surface area (Å²) in [5, 5.41) is 0. The molecule has 214 valence electrons. The lowest BCUT2D eigenvalue weighted by Crippen LogP contribution is -2.26. The average Bonchev–Trinajstić information content (AvgIpc) is 2.95. The molecule has 0 fully saturated rings. The molecule has 0 aliphatic heterocycles. The number of hydrogen-bond acceptors (Lipinski definition) is 4. The first-order valence-electron chi connectivity index (χ1n) is 15.6. The fourth-order valence-electron chi connectivity index (χ4n) is 4.84. The largest absolute Gasteiger partial charge is 0.494 e. The highest BCUT2D eigenvalue weighted by Gasteiger charge is 2.17. The molecule has 0 aliphatic carbocycles. The Balaban J connectivity index is 1.63. The molecule has 0 heterocycles. The molecule has 2 atom stereocenters. The van der Waals surface area contributed by atoms with Crippen LogP contribution in [-0.2, 0) is 0 Å². The van der Waals surface area contributed by atoms with E-state index in [2.05, 4.69) is 13.8 Å². The Morgan fingerprint density at radius 2 is 0.737 bits per heavy atom. The maximum Gasteiger partial charge on any atom is 0.119 e. The zero-order valence-corrected chi connectivity index (χ0v) is 24.5. The number of unbranched alkanes of at least 4 members (excludes halogenated alkanes) is 14. The van der Waals surface area contributed by atoms with E-state index in [0.717, 1.165) is 48.7 Å². The van der Waals surface area contributed by atoms with Gasteiger partial charge in [-0.25, -0.2) is 0 Å². The van der Waals surface area contributed by atoms with E-state index in [1.807, 2.05) is 48.5 Å². The van der Waals surface area contributed by atoms with Crippen molar-refractivity contribution < 1.29 is 9.47 Å². The smallest absolute Gasteiger partial charge is 0.119 e. The molecular weight excluding hydrogens is 468 g/mol. The van der Waals surface area contributed by atoms with E-state index in [1.54, 1.807) is 0 Å². The van der Waals surface area contributed by atoms with E-state index in [9.17, 15) is 0 Å². The Morgan fingerprint density at radius 1 is 0.447 bits per heavy atom. The molecule has 0 unspecified atom stereocenters. The molecule has 38 heavy (non-hydrogen) atoms. The summed E-state index contributed by atoms with van der Waals surface area (Å²) < 4.78 is 11.9. The van der Waals surface area contributed by atoms with Gasteiger partial charge in [0.2, 0.25) is 0 Å². The second kappa shape index (κ2) is 20.9. The third kappa shape index (κ3) is 13.7. The molecule has 4 N–H and O–H groups in total. The lowest BCUT2D eigenvalue weighted by molar-refractivity contribution is 0.304. The quantitative estimate of drug-likeness (QED) is 0.142. The molecule has 4 heteroatoms. The van der Waals surface area contributed by atoms with E-state index in [0.29, 0.717) is 0 Å². The molecule has 2 rings (SSSR count). The van der Waals surface area contributed by atoms with Gasteiger partial charge in [0.05, 0.1) is 13.2 Å². The lowest BCUT2D eigenvalue weighted by Gasteiger charge is -2.21. The zero-order valence-electron chi connectivity index (χ0n) is 24.5. The van der Waals surface area contributed by atoms with Gasteiger partial charge in [0.25, 0.3) is 0 Å². The van der Waals surface area contributed by atoms with E-state index in [1.165, 1.54) is 89.9 Å². The second-order valence-corrected chi connectivity index (χ2v) is 10.8. The van der Waals surface area contributed by atoms with Crippen molar-refractivity contribution in [2.45, 2.75) is 129 Å². The zero-order chi connectivity index (χ0) is 27.3. The van der Waals surface area contributed by atoms with Crippen LogP contribution in [0, 0.1) is 0 Å². The van der Waals surface area contributed by atoms with Crippen molar-refractivity contribution >= 4 is 0 Å². The van der Waals surface area contributed by atoms with Crippen molar-refractivity contribution in [2.24, 2.45) is 11.5 Å². The molecule has 2 aromatic carbocycles. The number of benzene rings is 2. The van der Waals surface area contributed by atoms with Crippen LogP contribution in [0.5, 0.6) is 11.5 Å². The van der Waals surface area contributed by atoms with E-state index in [-0.39, 0.29) is 12.1 Å². The van der Waals surface area contributed by atoms with Crippen molar-refractivity contribution in [3.05, 3.63) is 59.7 Å². The standard InChI is InChI=1S/C34H56N2O2/c1-3-5-7-9-11-13-15-17-27-37-31-23-19-29(20-24-31)33(35)34(36)30-21-25-32(26-22-30)38-28-18-16-14-12-10-8-6-4-2/h19-26,33-34H,3-18,27-28,35-36H2,1-2H3/t33-,34-/m1/s1. The molecule has 0 saturated carbocycles. The number of hydrogen-bond donors (Lipinski definition) is 2. The Morgan fingerprint density at radius 3 is 1.05 bits per heavy atom. The summed E-state index contributed by atoms with van der Waals surface area (Å²) in [6.07, 6.45) is 20.9. The van der Waals surface area contributed by atoms with Crippen LogP contribution in [0.1, 0.15) is 140 Å². The summed E-state index contributed by atoms with van der Waals surface area (Å²) in [6.45, 7) is 6.07. The van der Waals surface area contributed by atoms with Crippen LogP contribution < -0.4 is 20.9 Å². The maximum atomic E-state index is 6.53. The fourth-order valence-corrected chi connectivity index (χ4v) is 4.84. The summed E-state index contributed by atoms with van der Waals surface area (Å²) in [4.78, 5) is 0. The molecule has 0 radical (unpaired) electrons. The van der Waals surface area contributed by atoms with Crippen molar-refractivity contribution in [2.75, 3.05) is 13.2 Å². The van der Waals surface area contributed by atoms with Gasteiger partial charge >= 0.3 is 0 Å². The van der Waals surface area contributed by atoms with Crippen LogP contribution in [0.15, 0.2) is 48.5 Å². The molecule has 0 spiro atoms. The van der Waals surface area contributed by atoms with Crippen LogP contribution >= 0.6 is 0 Å². The van der Waals surface area contributed by atoms with Gasteiger partial charge in [-0.05, 0) is 48.2 Å². The number of nitrogens with two attached hydrogens (primary N) is 2. The molecule has 2 aromatic rings. The van der Waals surface area contributed by atoms with Gasteiger partial charge in [-0.1, -0.05) is 128 Å². The van der Waals surface area contributed by atoms with Crippen LogP contribution in [0.4, 0.5) is 0 Å². The third-order valence-electron chi connectivity index (χ3n) is 7.45.